The number of hydrogen-bond acceptors (Lipinski definition) is 1. The van der Waals surface area contributed by atoms with Crippen LogP contribution in [0.5, 0.6) is 0 Å². The molecule has 0 aromatic rings. The molecule has 0 aromatic carbocycles. The van der Waals surface area contributed by atoms with Crippen molar-refractivity contribution in [3.63, 3.8) is 0 Å². The van der Waals surface area contributed by atoms with Gasteiger partial charge in [-0.2, -0.15) is 5.92 Å². The van der Waals surface area contributed by atoms with Crippen molar-refractivity contribution in [1.29, 1.82) is 0 Å². The molecule has 0 spiro atoms. The van der Waals surface area contributed by atoms with E-state index in [1.54, 1.807) is 0 Å². The van der Waals surface area contributed by atoms with E-state index in [1.165, 1.54) is 0 Å². The van der Waals surface area contributed by atoms with Gasteiger partial charge < -0.3 is 11.7 Å². The van der Waals surface area contributed by atoms with Gasteiger partial charge in [0.2, 0.25) is 0 Å². The van der Waals surface area contributed by atoms with Crippen LogP contribution in [0, 0.1) is 12.3 Å². The molecule has 1 heterocycles. The molecule has 0 bridgehead atoms. The minimum absolute atomic E-state index is 0. The predicted octanol–water partition coefficient (Wildman–Crippen LogP) is 0.813. The molecule has 0 aromatic heterocycles. The summed E-state index contributed by atoms with van der Waals surface area (Å²) in [5, 5.41) is 3.21. The zero-order chi connectivity index (χ0) is 5.82. The summed E-state index contributed by atoms with van der Waals surface area (Å²) >= 11 is 0. The standard InChI is InChI=1S/C6H12N.3W/c1-6-2-4-7-5-3-6;;;/h2,6-7H,3-5H2,1H3;;;/q-1;;;/i1T;;;. The fourth-order valence-electron chi connectivity index (χ4n) is 0.757. The van der Waals surface area contributed by atoms with Crippen LogP contribution in [0.15, 0.2) is 0 Å². The first kappa shape index (κ1) is 14.5. The van der Waals surface area contributed by atoms with E-state index in [-0.39, 0.29) is 63.2 Å². The van der Waals surface area contributed by atoms with Crippen LogP contribution < -0.4 is 5.32 Å². The van der Waals surface area contributed by atoms with Crippen LogP contribution >= 0.6 is 0 Å². The first-order valence-electron chi connectivity index (χ1n) is 3.47. The molecule has 1 saturated heterocycles. The zero-order valence-electron chi connectivity index (χ0n) is 6.71. The molecule has 0 amide bonds. The Bertz CT molecular complexity index is 68.8. The summed E-state index contributed by atoms with van der Waals surface area (Å²) in [4.78, 5) is 0. The van der Waals surface area contributed by atoms with Crippen LogP contribution in [0.1, 0.15) is 14.7 Å². The van der Waals surface area contributed by atoms with Crippen molar-refractivity contribution in [2.45, 2.75) is 13.3 Å². The number of hydrogen-bond donors (Lipinski definition) is 1. The fraction of sp³-hybridized carbons (Fsp3) is 0.833. The van der Waals surface area contributed by atoms with Crippen LogP contribution in [0.4, 0.5) is 0 Å². The van der Waals surface area contributed by atoms with Gasteiger partial charge in [0.25, 0.3) is 0 Å². The van der Waals surface area contributed by atoms with Crippen molar-refractivity contribution in [3.8, 4) is 0 Å². The van der Waals surface area contributed by atoms with E-state index < -0.39 is 0 Å². The van der Waals surface area contributed by atoms with E-state index in [0.29, 0.717) is 12.8 Å². The van der Waals surface area contributed by atoms with E-state index in [1.807, 2.05) is 0 Å². The summed E-state index contributed by atoms with van der Waals surface area (Å²) < 4.78 is 7.04. The van der Waals surface area contributed by atoms with Crippen LogP contribution in [0.25, 0.3) is 0 Å². The molecule has 0 aliphatic carbocycles. The quantitative estimate of drug-likeness (QED) is 0.383. The summed E-state index contributed by atoms with van der Waals surface area (Å²) in [5.74, 6) is 0.566. The Hall–Kier alpha value is 2.02. The summed E-state index contributed by atoms with van der Waals surface area (Å²) in [6, 6.07) is 0. The summed E-state index contributed by atoms with van der Waals surface area (Å²) in [5.41, 5.74) is 0. The second-order valence-electron chi connectivity index (χ2n) is 1.99. The maximum atomic E-state index is 7.04. The molecule has 0 saturated carbocycles. The summed E-state index contributed by atoms with van der Waals surface area (Å²) in [6.45, 7) is 2.67. The molecule has 1 N–H and O–H groups in total. The first-order chi connectivity index (χ1) is 3.93. The smallest absolute Gasteiger partial charge is 0.0207 e. The third-order valence-corrected chi connectivity index (χ3v) is 1.29. The van der Waals surface area contributed by atoms with Crippen molar-refractivity contribution >= 4 is 0 Å². The second-order valence-corrected chi connectivity index (χ2v) is 1.99. The molecule has 1 aliphatic rings. The molecule has 4 heteroatoms. The molecule has 10 heavy (non-hydrogen) atoms. The largest absolute Gasteiger partial charge is 0.346 e. The molecule has 60 valence electrons. The normalized spacial score (nSPS) is 24.4. The van der Waals surface area contributed by atoms with E-state index >= 15 is 0 Å². The molecule has 0 radical (unpaired) electrons. The Balaban J connectivity index is -0.000000213. The van der Waals surface area contributed by atoms with Gasteiger partial charge in [0.15, 0.2) is 0 Å². The van der Waals surface area contributed by atoms with Crippen molar-refractivity contribution in [1.82, 2.24) is 5.32 Å². The third kappa shape index (κ3) is 8.12. The molecule has 1 aliphatic heterocycles. The molecule has 1 nitrogen and oxygen atoms in total. The molecule has 1 unspecified atom stereocenters. The van der Waals surface area contributed by atoms with Gasteiger partial charge >= 0.3 is 0 Å². The van der Waals surface area contributed by atoms with Gasteiger partial charge in [-0.05, 0) is 6.54 Å². The second kappa shape index (κ2) is 11.0. The average Bonchev–Trinajstić information content (AvgIpc) is 1.90. The number of rotatable bonds is 0. The Morgan fingerprint density at radius 2 is 2.20 bits per heavy atom. The van der Waals surface area contributed by atoms with Gasteiger partial charge in [-0.25, -0.2) is 0 Å². The predicted molar refractivity (Wildman–Crippen MR) is 31.0 cm³/mol. The Labute approximate surface area is 108 Å². The van der Waals surface area contributed by atoms with E-state index in [2.05, 4.69) is 11.7 Å². The van der Waals surface area contributed by atoms with Crippen LogP contribution in [-0.2, 0) is 63.2 Å². The Morgan fingerprint density at radius 1 is 1.50 bits per heavy atom. The van der Waals surface area contributed by atoms with Gasteiger partial charge in [-0.3, -0.25) is 0 Å². The van der Waals surface area contributed by atoms with Crippen LogP contribution in [-0.4, -0.2) is 13.1 Å². The van der Waals surface area contributed by atoms with Gasteiger partial charge in [0.1, 0.15) is 0 Å². The molecule has 1 rings (SSSR count). The number of nitrogens with one attached hydrogen (secondary N) is 1. The van der Waals surface area contributed by atoms with Gasteiger partial charge in [-0.15, -0.1) is 6.54 Å². The van der Waals surface area contributed by atoms with Crippen molar-refractivity contribution in [2.24, 2.45) is 5.92 Å². The van der Waals surface area contributed by atoms with Crippen molar-refractivity contribution < 1.29 is 64.6 Å². The van der Waals surface area contributed by atoms with Gasteiger partial charge in [-0.1, -0.05) is 13.3 Å². The van der Waals surface area contributed by atoms with Crippen molar-refractivity contribution in [3.05, 3.63) is 6.42 Å². The summed E-state index contributed by atoms with van der Waals surface area (Å²) in [7, 11) is 0. The van der Waals surface area contributed by atoms with E-state index in [4.69, 9.17) is 1.37 Å². The maximum Gasteiger partial charge on any atom is 0.0207 e. The van der Waals surface area contributed by atoms with Crippen LogP contribution in [0.2, 0.25) is 0 Å². The SMILES string of the molecule is [3H]CC1[CH-]CNCC1.[W].[W].[W]. The van der Waals surface area contributed by atoms with Crippen molar-refractivity contribution in [2.75, 3.05) is 13.1 Å². The summed E-state index contributed by atoms with van der Waals surface area (Å²) in [6.07, 6.45) is 3.35. The molecular formula is C6H12NW3-. The van der Waals surface area contributed by atoms with Crippen LogP contribution in [0.3, 0.4) is 0 Å². The molecule has 1 atom stereocenters. The third-order valence-electron chi connectivity index (χ3n) is 1.29. The maximum absolute atomic E-state index is 7.04. The zero-order valence-corrected chi connectivity index (χ0v) is 14.5. The Morgan fingerprint density at radius 3 is 2.50 bits per heavy atom. The van der Waals surface area contributed by atoms with E-state index in [9.17, 15) is 0 Å². The van der Waals surface area contributed by atoms with E-state index in [0.717, 1.165) is 19.5 Å². The average molecular weight is 652 g/mol. The topological polar surface area (TPSA) is 12.0 Å². The monoisotopic (exact) mass is 652 g/mol. The fourth-order valence-corrected chi connectivity index (χ4v) is 0.757. The molecule has 1 fully saturated rings. The Kier molecular flexibility index (Phi) is 16.0. The number of piperidine rings is 1. The van der Waals surface area contributed by atoms with Gasteiger partial charge in [0.05, 0.1) is 0 Å². The molecular weight excluding hydrogens is 638 g/mol. The minimum atomic E-state index is 0. The first-order valence-corrected chi connectivity index (χ1v) is 2.77. The minimum Gasteiger partial charge on any atom is -0.346 e. The van der Waals surface area contributed by atoms with Gasteiger partial charge in [0, 0.05) is 64.6 Å².